The minimum atomic E-state index is -0.248. The van der Waals surface area contributed by atoms with Gasteiger partial charge in [0.15, 0.2) is 0 Å². The van der Waals surface area contributed by atoms with Crippen molar-refractivity contribution in [3.63, 3.8) is 0 Å². The van der Waals surface area contributed by atoms with Crippen molar-refractivity contribution in [3.05, 3.63) is 60.2 Å². The summed E-state index contributed by atoms with van der Waals surface area (Å²) >= 11 is 0. The number of hydrogen-bond donors (Lipinski definition) is 2. The molecule has 0 saturated heterocycles. The van der Waals surface area contributed by atoms with E-state index in [9.17, 15) is 9.59 Å². The fourth-order valence-corrected chi connectivity index (χ4v) is 2.24. The standard InChI is InChI=1S/C20H24N2O4/c1-2-25-17-8-10-18(11-9-17)26-13-12-21-20(24)15-22-19(23)14-16-6-4-3-5-7-16/h3-11H,2,12-15H2,1H3,(H,21,24)(H,22,23). The van der Waals surface area contributed by atoms with E-state index in [4.69, 9.17) is 9.47 Å². The van der Waals surface area contributed by atoms with Crippen molar-refractivity contribution in [2.75, 3.05) is 26.3 Å². The first-order valence-corrected chi connectivity index (χ1v) is 8.60. The number of hydrogen-bond acceptors (Lipinski definition) is 4. The Morgan fingerprint density at radius 3 is 2.15 bits per heavy atom. The SMILES string of the molecule is CCOc1ccc(OCCNC(=O)CNC(=O)Cc2ccccc2)cc1. The molecule has 0 radical (unpaired) electrons. The second-order valence-corrected chi connectivity index (χ2v) is 5.54. The summed E-state index contributed by atoms with van der Waals surface area (Å²) in [5.74, 6) is 1.07. The number of nitrogens with one attached hydrogen (secondary N) is 2. The molecule has 0 atom stereocenters. The third-order valence-corrected chi connectivity index (χ3v) is 3.48. The van der Waals surface area contributed by atoms with Gasteiger partial charge in [-0.2, -0.15) is 0 Å². The average Bonchev–Trinajstić information content (AvgIpc) is 2.66. The molecule has 6 nitrogen and oxygen atoms in total. The van der Waals surface area contributed by atoms with Gasteiger partial charge < -0.3 is 20.1 Å². The molecule has 2 aromatic carbocycles. The zero-order valence-corrected chi connectivity index (χ0v) is 14.9. The van der Waals surface area contributed by atoms with Gasteiger partial charge >= 0.3 is 0 Å². The Kier molecular flexibility index (Phi) is 7.99. The first kappa shape index (κ1) is 19.3. The maximum Gasteiger partial charge on any atom is 0.239 e. The van der Waals surface area contributed by atoms with Gasteiger partial charge in [-0.15, -0.1) is 0 Å². The third-order valence-electron chi connectivity index (χ3n) is 3.48. The van der Waals surface area contributed by atoms with Crippen molar-refractivity contribution in [2.24, 2.45) is 0 Å². The summed E-state index contributed by atoms with van der Waals surface area (Å²) in [4.78, 5) is 23.5. The van der Waals surface area contributed by atoms with Crippen molar-refractivity contribution in [3.8, 4) is 11.5 Å². The number of carbonyl (C=O) groups is 2. The molecule has 0 aliphatic carbocycles. The Morgan fingerprint density at radius 2 is 1.50 bits per heavy atom. The molecule has 0 heterocycles. The Balaban J connectivity index is 1.57. The van der Waals surface area contributed by atoms with Crippen molar-refractivity contribution in [1.82, 2.24) is 10.6 Å². The normalized spacial score (nSPS) is 10.0. The van der Waals surface area contributed by atoms with Gasteiger partial charge in [0.25, 0.3) is 0 Å². The quantitative estimate of drug-likeness (QED) is 0.638. The number of rotatable bonds is 10. The summed E-state index contributed by atoms with van der Waals surface area (Å²) in [7, 11) is 0. The molecule has 6 heteroatoms. The number of amides is 2. The molecule has 0 saturated carbocycles. The smallest absolute Gasteiger partial charge is 0.239 e. The number of ether oxygens (including phenoxy) is 2. The van der Waals surface area contributed by atoms with Gasteiger partial charge in [0.2, 0.25) is 11.8 Å². The number of benzene rings is 2. The number of carbonyl (C=O) groups excluding carboxylic acids is 2. The van der Waals surface area contributed by atoms with Crippen LogP contribution in [0.25, 0.3) is 0 Å². The van der Waals surface area contributed by atoms with Gasteiger partial charge in [-0.1, -0.05) is 30.3 Å². The van der Waals surface area contributed by atoms with Crippen molar-refractivity contribution < 1.29 is 19.1 Å². The van der Waals surface area contributed by atoms with Gasteiger partial charge in [-0.25, -0.2) is 0 Å². The molecule has 26 heavy (non-hydrogen) atoms. The highest BCUT2D eigenvalue weighted by molar-refractivity contribution is 5.85. The fraction of sp³-hybridized carbons (Fsp3) is 0.300. The van der Waals surface area contributed by atoms with E-state index in [0.717, 1.165) is 11.3 Å². The van der Waals surface area contributed by atoms with E-state index in [1.54, 1.807) is 0 Å². The molecule has 2 rings (SSSR count). The molecule has 2 amide bonds. The van der Waals surface area contributed by atoms with E-state index >= 15 is 0 Å². The van der Waals surface area contributed by atoms with Gasteiger partial charge in [0, 0.05) is 0 Å². The maximum absolute atomic E-state index is 11.8. The lowest BCUT2D eigenvalue weighted by Gasteiger charge is -2.09. The van der Waals surface area contributed by atoms with E-state index in [-0.39, 0.29) is 24.8 Å². The van der Waals surface area contributed by atoms with Crippen LogP contribution in [0.3, 0.4) is 0 Å². The minimum Gasteiger partial charge on any atom is -0.494 e. The Morgan fingerprint density at radius 1 is 0.846 bits per heavy atom. The Bertz CT molecular complexity index is 687. The lowest BCUT2D eigenvalue weighted by Crippen LogP contribution is -2.39. The maximum atomic E-state index is 11.8. The zero-order valence-electron chi connectivity index (χ0n) is 14.9. The first-order valence-electron chi connectivity index (χ1n) is 8.60. The predicted molar refractivity (Wildman–Crippen MR) is 99.3 cm³/mol. The highest BCUT2D eigenvalue weighted by Gasteiger charge is 2.06. The lowest BCUT2D eigenvalue weighted by molar-refractivity contribution is -0.125. The molecular formula is C20H24N2O4. The molecular weight excluding hydrogens is 332 g/mol. The molecule has 2 N–H and O–H groups in total. The topological polar surface area (TPSA) is 76.7 Å². The predicted octanol–water partition coefficient (Wildman–Crippen LogP) is 1.94. The molecule has 0 fully saturated rings. The van der Waals surface area contributed by atoms with Crippen molar-refractivity contribution >= 4 is 11.8 Å². The van der Waals surface area contributed by atoms with Crippen LogP contribution in [0.1, 0.15) is 12.5 Å². The van der Waals surface area contributed by atoms with Gasteiger partial charge in [-0.3, -0.25) is 9.59 Å². The highest BCUT2D eigenvalue weighted by Crippen LogP contribution is 2.17. The molecule has 0 bridgehead atoms. The Labute approximate surface area is 153 Å². The van der Waals surface area contributed by atoms with Gasteiger partial charge in [0.05, 0.1) is 26.1 Å². The minimum absolute atomic E-state index is 0.0469. The van der Waals surface area contributed by atoms with Crippen LogP contribution in [0, 0.1) is 0 Å². The molecule has 0 aromatic heterocycles. The van der Waals surface area contributed by atoms with Crippen LogP contribution >= 0.6 is 0 Å². The van der Waals surface area contributed by atoms with E-state index < -0.39 is 0 Å². The third kappa shape index (κ3) is 7.25. The molecule has 0 unspecified atom stereocenters. The zero-order chi connectivity index (χ0) is 18.6. The van der Waals surface area contributed by atoms with E-state index in [1.165, 1.54) is 0 Å². The van der Waals surface area contributed by atoms with Crippen molar-refractivity contribution in [1.29, 1.82) is 0 Å². The summed E-state index contributed by atoms with van der Waals surface area (Å²) < 4.78 is 10.9. The van der Waals surface area contributed by atoms with E-state index in [0.29, 0.717) is 25.5 Å². The average molecular weight is 356 g/mol. The van der Waals surface area contributed by atoms with E-state index in [1.807, 2.05) is 61.5 Å². The highest BCUT2D eigenvalue weighted by atomic mass is 16.5. The second kappa shape index (κ2) is 10.8. The summed E-state index contributed by atoms with van der Waals surface area (Å²) in [6.07, 6.45) is 0.259. The van der Waals surface area contributed by atoms with Crippen LogP contribution in [0.15, 0.2) is 54.6 Å². The molecule has 0 aliphatic rings. The lowest BCUT2D eigenvalue weighted by atomic mass is 10.1. The molecule has 0 aliphatic heterocycles. The monoisotopic (exact) mass is 356 g/mol. The van der Waals surface area contributed by atoms with Crippen LogP contribution in [0.4, 0.5) is 0 Å². The Hall–Kier alpha value is -3.02. The summed E-state index contributed by atoms with van der Waals surface area (Å²) in [5, 5.41) is 5.30. The van der Waals surface area contributed by atoms with Crippen LogP contribution in [0.5, 0.6) is 11.5 Å². The van der Waals surface area contributed by atoms with Gasteiger partial charge in [0.1, 0.15) is 18.1 Å². The largest absolute Gasteiger partial charge is 0.494 e. The molecule has 0 spiro atoms. The summed E-state index contributed by atoms with van der Waals surface area (Å²) in [5.41, 5.74) is 0.911. The van der Waals surface area contributed by atoms with Crippen LogP contribution in [-0.2, 0) is 16.0 Å². The van der Waals surface area contributed by atoms with Crippen molar-refractivity contribution in [2.45, 2.75) is 13.3 Å². The molecule has 2 aromatic rings. The van der Waals surface area contributed by atoms with Crippen LogP contribution in [-0.4, -0.2) is 38.1 Å². The summed E-state index contributed by atoms with van der Waals surface area (Å²) in [6.45, 7) is 3.21. The van der Waals surface area contributed by atoms with Crippen LogP contribution < -0.4 is 20.1 Å². The molecule has 138 valence electrons. The van der Waals surface area contributed by atoms with E-state index in [2.05, 4.69) is 10.6 Å². The second-order valence-electron chi connectivity index (χ2n) is 5.54. The fourth-order valence-electron chi connectivity index (χ4n) is 2.24. The summed E-state index contributed by atoms with van der Waals surface area (Å²) in [6, 6.07) is 16.7. The van der Waals surface area contributed by atoms with Gasteiger partial charge in [-0.05, 0) is 36.8 Å². The first-order chi connectivity index (χ1) is 12.7. The van der Waals surface area contributed by atoms with Crippen LogP contribution in [0.2, 0.25) is 0 Å².